The van der Waals surface area contributed by atoms with Gasteiger partial charge in [-0.2, -0.15) is 0 Å². The van der Waals surface area contributed by atoms with Crippen LogP contribution >= 0.6 is 0 Å². The lowest BCUT2D eigenvalue weighted by Gasteiger charge is -2.15. The molecule has 1 aromatic carbocycles. The Hall–Kier alpha value is -2.56. The largest absolute Gasteiger partial charge is 0.493 e. The summed E-state index contributed by atoms with van der Waals surface area (Å²) < 4.78 is 15.8. The molecule has 0 aromatic heterocycles. The quantitative estimate of drug-likeness (QED) is 0.559. The van der Waals surface area contributed by atoms with Gasteiger partial charge in [0.15, 0.2) is 5.92 Å². The first-order valence-corrected chi connectivity index (χ1v) is 8.56. The van der Waals surface area contributed by atoms with Gasteiger partial charge in [0, 0.05) is 12.0 Å². The standard InChI is InChI=1S/C20H24O5/c1-3-23-19(21)17(20(22)24-4-2)14-15-10-11-18(25-13-12-15)16-8-6-5-7-9-16/h5-11,17H,3-4,12-14H2,1-2H3. The molecule has 1 aromatic rings. The summed E-state index contributed by atoms with van der Waals surface area (Å²) in [6, 6.07) is 9.81. The molecule has 0 saturated heterocycles. The lowest BCUT2D eigenvalue weighted by molar-refractivity contribution is -0.161. The minimum atomic E-state index is -0.933. The molecule has 1 aliphatic rings. The van der Waals surface area contributed by atoms with Crippen LogP contribution in [0.3, 0.4) is 0 Å². The molecule has 5 heteroatoms. The van der Waals surface area contributed by atoms with E-state index < -0.39 is 17.9 Å². The molecule has 0 bridgehead atoms. The van der Waals surface area contributed by atoms with Crippen LogP contribution in [0, 0.1) is 5.92 Å². The van der Waals surface area contributed by atoms with Gasteiger partial charge in [0.05, 0.1) is 19.8 Å². The van der Waals surface area contributed by atoms with Crippen LogP contribution in [0.2, 0.25) is 0 Å². The van der Waals surface area contributed by atoms with Crippen LogP contribution in [0.4, 0.5) is 0 Å². The molecule has 0 unspecified atom stereocenters. The molecule has 134 valence electrons. The van der Waals surface area contributed by atoms with Crippen LogP contribution in [0.5, 0.6) is 0 Å². The lowest BCUT2D eigenvalue weighted by atomic mass is 9.97. The van der Waals surface area contributed by atoms with Crippen molar-refractivity contribution in [3.8, 4) is 0 Å². The fourth-order valence-corrected chi connectivity index (χ4v) is 2.58. The van der Waals surface area contributed by atoms with Crippen molar-refractivity contribution in [1.29, 1.82) is 0 Å². The van der Waals surface area contributed by atoms with Crippen LogP contribution in [0.25, 0.3) is 5.76 Å². The first-order valence-electron chi connectivity index (χ1n) is 8.56. The summed E-state index contributed by atoms with van der Waals surface area (Å²) in [5, 5.41) is 0. The van der Waals surface area contributed by atoms with Gasteiger partial charge in [-0.3, -0.25) is 9.59 Å². The molecule has 0 saturated carbocycles. The number of hydrogen-bond acceptors (Lipinski definition) is 5. The van der Waals surface area contributed by atoms with Crippen LogP contribution < -0.4 is 0 Å². The number of carbonyl (C=O) groups excluding carboxylic acids is 2. The zero-order chi connectivity index (χ0) is 18.1. The second-order valence-electron chi connectivity index (χ2n) is 5.58. The Morgan fingerprint density at radius 1 is 1.04 bits per heavy atom. The Morgan fingerprint density at radius 2 is 1.68 bits per heavy atom. The summed E-state index contributed by atoms with van der Waals surface area (Å²) in [4.78, 5) is 24.2. The van der Waals surface area contributed by atoms with Crippen molar-refractivity contribution in [2.24, 2.45) is 5.92 Å². The average molecular weight is 344 g/mol. The number of allylic oxidation sites excluding steroid dienone is 2. The van der Waals surface area contributed by atoms with Gasteiger partial charge in [0.25, 0.3) is 0 Å². The molecule has 1 aliphatic heterocycles. The van der Waals surface area contributed by atoms with Crippen molar-refractivity contribution in [2.75, 3.05) is 19.8 Å². The van der Waals surface area contributed by atoms with Crippen molar-refractivity contribution in [2.45, 2.75) is 26.7 Å². The van der Waals surface area contributed by atoms with Crippen LogP contribution in [-0.2, 0) is 23.8 Å². The highest BCUT2D eigenvalue weighted by Gasteiger charge is 2.30. The summed E-state index contributed by atoms with van der Waals surface area (Å²) in [6.45, 7) is 4.39. The fraction of sp³-hybridized carbons (Fsp3) is 0.400. The van der Waals surface area contributed by atoms with Gasteiger partial charge in [-0.15, -0.1) is 0 Å². The normalized spacial score (nSPS) is 14.0. The van der Waals surface area contributed by atoms with E-state index >= 15 is 0 Å². The fourth-order valence-electron chi connectivity index (χ4n) is 2.58. The number of carbonyl (C=O) groups is 2. The first kappa shape index (κ1) is 18.8. The highest BCUT2D eigenvalue weighted by molar-refractivity contribution is 5.95. The minimum Gasteiger partial charge on any atom is -0.493 e. The Morgan fingerprint density at radius 3 is 2.28 bits per heavy atom. The van der Waals surface area contributed by atoms with E-state index in [9.17, 15) is 9.59 Å². The molecule has 0 radical (unpaired) electrons. The van der Waals surface area contributed by atoms with E-state index in [4.69, 9.17) is 14.2 Å². The first-order chi connectivity index (χ1) is 12.2. The Labute approximate surface area is 148 Å². The van der Waals surface area contributed by atoms with Gasteiger partial charge in [-0.05, 0) is 26.3 Å². The molecule has 0 spiro atoms. The smallest absolute Gasteiger partial charge is 0.320 e. The average Bonchev–Trinajstić information content (AvgIpc) is 2.86. The molecule has 0 aliphatic carbocycles. The number of ether oxygens (including phenoxy) is 3. The maximum atomic E-state index is 12.1. The SMILES string of the molecule is CCOC(=O)C(CC1=CC=C(c2ccccc2)OCC1)C(=O)OCC. The lowest BCUT2D eigenvalue weighted by Crippen LogP contribution is -2.28. The maximum absolute atomic E-state index is 12.1. The second kappa shape index (κ2) is 9.67. The monoisotopic (exact) mass is 344 g/mol. The molecule has 2 rings (SSSR count). The topological polar surface area (TPSA) is 61.8 Å². The Bertz CT molecular complexity index is 627. The molecule has 0 N–H and O–H groups in total. The molecular formula is C20H24O5. The molecule has 5 nitrogen and oxygen atoms in total. The van der Waals surface area contributed by atoms with Gasteiger partial charge < -0.3 is 14.2 Å². The van der Waals surface area contributed by atoms with Gasteiger partial charge in [0.1, 0.15) is 5.76 Å². The van der Waals surface area contributed by atoms with E-state index in [1.54, 1.807) is 13.8 Å². The van der Waals surface area contributed by atoms with Gasteiger partial charge in [0.2, 0.25) is 0 Å². The van der Waals surface area contributed by atoms with E-state index in [1.807, 2.05) is 42.5 Å². The molecule has 0 fully saturated rings. The van der Waals surface area contributed by atoms with Crippen LogP contribution in [0.15, 0.2) is 48.1 Å². The highest BCUT2D eigenvalue weighted by atomic mass is 16.6. The third-order valence-corrected chi connectivity index (χ3v) is 3.82. The Kier molecular flexibility index (Phi) is 7.26. The van der Waals surface area contributed by atoms with Crippen LogP contribution in [0.1, 0.15) is 32.3 Å². The second-order valence-corrected chi connectivity index (χ2v) is 5.58. The van der Waals surface area contributed by atoms with Gasteiger partial charge >= 0.3 is 11.9 Å². The summed E-state index contributed by atoms with van der Waals surface area (Å²) in [5.41, 5.74) is 1.95. The van der Waals surface area contributed by atoms with E-state index in [2.05, 4.69) is 0 Å². The molecular weight excluding hydrogens is 320 g/mol. The van der Waals surface area contributed by atoms with Crippen molar-refractivity contribution in [3.63, 3.8) is 0 Å². The number of hydrogen-bond donors (Lipinski definition) is 0. The third kappa shape index (κ3) is 5.48. The van der Waals surface area contributed by atoms with Crippen LogP contribution in [-0.4, -0.2) is 31.8 Å². The van der Waals surface area contributed by atoms with Crippen molar-refractivity contribution < 1.29 is 23.8 Å². The van der Waals surface area contributed by atoms with Gasteiger partial charge in [-0.25, -0.2) is 0 Å². The zero-order valence-electron chi connectivity index (χ0n) is 14.7. The van der Waals surface area contributed by atoms with Crippen molar-refractivity contribution in [3.05, 3.63) is 53.6 Å². The predicted molar refractivity (Wildman–Crippen MR) is 94.4 cm³/mol. The van der Waals surface area contributed by atoms with E-state index in [0.29, 0.717) is 13.0 Å². The number of rotatable bonds is 7. The zero-order valence-corrected chi connectivity index (χ0v) is 14.7. The van der Waals surface area contributed by atoms with E-state index in [0.717, 1.165) is 16.9 Å². The van der Waals surface area contributed by atoms with Gasteiger partial charge in [-0.1, -0.05) is 42.0 Å². The Balaban J connectivity index is 2.14. The van der Waals surface area contributed by atoms with Crippen molar-refractivity contribution in [1.82, 2.24) is 0 Å². The maximum Gasteiger partial charge on any atom is 0.320 e. The summed E-state index contributed by atoms with van der Waals surface area (Å²) in [7, 11) is 0. The predicted octanol–water partition coefficient (Wildman–Crippen LogP) is 3.51. The molecule has 25 heavy (non-hydrogen) atoms. The summed E-state index contributed by atoms with van der Waals surface area (Å²) >= 11 is 0. The summed E-state index contributed by atoms with van der Waals surface area (Å²) in [5.74, 6) is -1.24. The van der Waals surface area contributed by atoms with E-state index in [-0.39, 0.29) is 19.6 Å². The molecule has 0 atom stereocenters. The third-order valence-electron chi connectivity index (χ3n) is 3.82. The highest BCUT2D eigenvalue weighted by Crippen LogP contribution is 2.25. The number of benzene rings is 1. The summed E-state index contributed by atoms with van der Waals surface area (Å²) in [6.07, 6.45) is 4.72. The number of esters is 2. The molecule has 0 amide bonds. The van der Waals surface area contributed by atoms with E-state index in [1.165, 1.54) is 0 Å². The van der Waals surface area contributed by atoms with Crippen molar-refractivity contribution >= 4 is 17.7 Å². The molecule has 1 heterocycles. The minimum absolute atomic E-state index is 0.231.